The van der Waals surface area contributed by atoms with Gasteiger partial charge in [0.15, 0.2) is 0 Å². The number of pyridine rings is 1. The third-order valence-corrected chi connectivity index (χ3v) is 4.74. The van der Waals surface area contributed by atoms with E-state index < -0.39 is 0 Å². The zero-order valence-corrected chi connectivity index (χ0v) is 13.9. The van der Waals surface area contributed by atoms with E-state index in [0.717, 1.165) is 31.4 Å². The number of carbonyl (C=O) groups is 2. The largest absolute Gasteiger partial charge is 0.353 e. The van der Waals surface area contributed by atoms with Crippen LogP contribution in [0.4, 0.5) is 0 Å². The molecule has 4 rings (SSSR count). The first kappa shape index (κ1) is 15.8. The molecule has 1 atom stereocenters. The number of nitrogens with one attached hydrogen (secondary N) is 2. The highest BCUT2D eigenvalue weighted by Gasteiger charge is 2.32. The Morgan fingerprint density at radius 3 is 2.84 bits per heavy atom. The number of piperidine rings is 1. The lowest BCUT2D eigenvalue weighted by Crippen LogP contribution is -2.46. The van der Waals surface area contributed by atoms with Crippen LogP contribution in [-0.4, -0.2) is 51.0 Å². The van der Waals surface area contributed by atoms with Crippen LogP contribution in [0.15, 0.2) is 30.5 Å². The summed E-state index contributed by atoms with van der Waals surface area (Å²) in [5.41, 5.74) is 1.80. The average Bonchev–Trinajstić information content (AvgIpc) is 3.34. The van der Waals surface area contributed by atoms with E-state index in [1.54, 1.807) is 17.2 Å². The molecule has 3 heterocycles. The van der Waals surface area contributed by atoms with Crippen molar-refractivity contribution in [1.82, 2.24) is 25.4 Å². The van der Waals surface area contributed by atoms with Crippen molar-refractivity contribution in [2.24, 2.45) is 5.92 Å². The van der Waals surface area contributed by atoms with E-state index >= 15 is 0 Å². The van der Waals surface area contributed by atoms with Crippen molar-refractivity contribution in [1.29, 1.82) is 0 Å². The Morgan fingerprint density at radius 1 is 1.20 bits per heavy atom. The van der Waals surface area contributed by atoms with Crippen LogP contribution in [0, 0.1) is 5.92 Å². The lowest BCUT2D eigenvalue weighted by Gasteiger charge is -2.31. The van der Waals surface area contributed by atoms with Gasteiger partial charge in [0.05, 0.1) is 11.6 Å². The van der Waals surface area contributed by atoms with E-state index in [1.165, 1.54) is 0 Å². The number of aromatic nitrogens is 3. The molecule has 25 heavy (non-hydrogen) atoms. The Hall–Kier alpha value is -2.70. The van der Waals surface area contributed by atoms with Gasteiger partial charge >= 0.3 is 0 Å². The number of amides is 2. The van der Waals surface area contributed by atoms with E-state index in [0.29, 0.717) is 30.5 Å². The van der Waals surface area contributed by atoms with Crippen LogP contribution in [0.25, 0.3) is 11.4 Å². The number of likely N-dealkylation sites (tertiary alicyclic amines) is 1. The molecular weight excluding hydrogens is 318 g/mol. The molecule has 2 fully saturated rings. The summed E-state index contributed by atoms with van der Waals surface area (Å²) in [6.07, 6.45) is 5.52. The van der Waals surface area contributed by atoms with Crippen LogP contribution in [-0.2, 0) is 4.79 Å². The molecule has 2 amide bonds. The summed E-state index contributed by atoms with van der Waals surface area (Å²) < 4.78 is 0. The van der Waals surface area contributed by atoms with E-state index in [4.69, 9.17) is 0 Å². The second kappa shape index (κ2) is 6.66. The molecule has 2 aromatic rings. The molecule has 1 saturated heterocycles. The SMILES string of the molecule is O=C(NC1CC1)[C@@H]1CCCN(C(=O)c2cc(-c3ccccn3)n[nH]2)C1. The summed E-state index contributed by atoms with van der Waals surface area (Å²) in [7, 11) is 0. The maximum absolute atomic E-state index is 12.7. The molecule has 2 aliphatic rings. The van der Waals surface area contributed by atoms with Crippen LogP contribution in [0.1, 0.15) is 36.2 Å². The Labute approximate surface area is 145 Å². The summed E-state index contributed by atoms with van der Waals surface area (Å²) in [6, 6.07) is 7.64. The van der Waals surface area contributed by atoms with Crippen molar-refractivity contribution in [3.8, 4) is 11.4 Å². The van der Waals surface area contributed by atoms with E-state index in [1.807, 2.05) is 18.2 Å². The minimum Gasteiger partial charge on any atom is -0.353 e. The highest BCUT2D eigenvalue weighted by molar-refractivity contribution is 5.93. The van der Waals surface area contributed by atoms with E-state index in [9.17, 15) is 9.59 Å². The zero-order chi connectivity index (χ0) is 17.2. The summed E-state index contributed by atoms with van der Waals surface area (Å²) in [6.45, 7) is 1.14. The van der Waals surface area contributed by atoms with Gasteiger partial charge in [-0.25, -0.2) is 0 Å². The van der Waals surface area contributed by atoms with Crippen LogP contribution >= 0.6 is 0 Å². The summed E-state index contributed by atoms with van der Waals surface area (Å²) in [5, 5.41) is 10.0. The van der Waals surface area contributed by atoms with Gasteiger partial charge in [0.1, 0.15) is 11.4 Å². The van der Waals surface area contributed by atoms with Gasteiger partial charge in [-0.1, -0.05) is 6.07 Å². The molecule has 2 N–H and O–H groups in total. The number of carbonyl (C=O) groups excluding carboxylic acids is 2. The van der Waals surface area contributed by atoms with Crippen molar-refractivity contribution in [2.75, 3.05) is 13.1 Å². The Bertz CT molecular complexity index is 769. The minimum absolute atomic E-state index is 0.0822. The van der Waals surface area contributed by atoms with E-state index in [2.05, 4.69) is 20.5 Å². The number of aromatic amines is 1. The maximum atomic E-state index is 12.7. The monoisotopic (exact) mass is 339 g/mol. The van der Waals surface area contributed by atoms with Crippen molar-refractivity contribution >= 4 is 11.8 Å². The fourth-order valence-electron chi connectivity index (χ4n) is 3.17. The second-order valence-corrected chi connectivity index (χ2v) is 6.76. The van der Waals surface area contributed by atoms with Gasteiger partial charge in [-0.3, -0.25) is 19.7 Å². The quantitative estimate of drug-likeness (QED) is 0.885. The number of rotatable bonds is 4. The smallest absolute Gasteiger partial charge is 0.271 e. The highest BCUT2D eigenvalue weighted by Crippen LogP contribution is 2.23. The molecule has 0 aromatic carbocycles. The van der Waals surface area contributed by atoms with Gasteiger partial charge in [0.25, 0.3) is 5.91 Å². The number of hydrogen-bond donors (Lipinski definition) is 2. The summed E-state index contributed by atoms with van der Waals surface area (Å²) >= 11 is 0. The molecular formula is C18H21N5O2. The predicted molar refractivity (Wildman–Crippen MR) is 91.6 cm³/mol. The maximum Gasteiger partial charge on any atom is 0.271 e. The third kappa shape index (κ3) is 3.55. The molecule has 0 bridgehead atoms. The lowest BCUT2D eigenvalue weighted by molar-refractivity contribution is -0.126. The Kier molecular flexibility index (Phi) is 4.21. The molecule has 7 heteroatoms. The second-order valence-electron chi connectivity index (χ2n) is 6.76. The van der Waals surface area contributed by atoms with Crippen LogP contribution in [0.2, 0.25) is 0 Å². The fraction of sp³-hybridized carbons (Fsp3) is 0.444. The van der Waals surface area contributed by atoms with Gasteiger partial charge in [-0.2, -0.15) is 5.10 Å². The number of H-pyrrole nitrogens is 1. The van der Waals surface area contributed by atoms with Gasteiger partial charge in [-0.05, 0) is 43.9 Å². The summed E-state index contributed by atoms with van der Waals surface area (Å²) in [4.78, 5) is 31.0. The highest BCUT2D eigenvalue weighted by atomic mass is 16.2. The van der Waals surface area contributed by atoms with Crippen molar-refractivity contribution in [3.63, 3.8) is 0 Å². The fourth-order valence-corrected chi connectivity index (χ4v) is 3.17. The summed E-state index contributed by atoms with van der Waals surface area (Å²) in [5.74, 6) is -0.145. The van der Waals surface area contributed by atoms with Gasteiger partial charge < -0.3 is 10.2 Å². The topological polar surface area (TPSA) is 91.0 Å². The third-order valence-electron chi connectivity index (χ3n) is 4.74. The average molecular weight is 339 g/mol. The van der Waals surface area contributed by atoms with Gasteiger partial charge in [-0.15, -0.1) is 0 Å². The van der Waals surface area contributed by atoms with Gasteiger partial charge in [0.2, 0.25) is 5.91 Å². The number of hydrogen-bond acceptors (Lipinski definition) is 4. The molecule has 1 saturated carbocycles. The van der Waals surface area contributed by atoms with Crippen molar-refractivity contribution < 1.29 is 9.59 Å². The first-order chi connectivity index (χ1) is 12.2. The normalized spacial score (nSPS) is 20.3. The molecule has 0 radical (unpaired) electrons. The van der Waals surface area contributed by atoms with E-state index in [-0.39, 0.29) is 17.7 Å². The standard InChI is InChI=1S/C18H21N5O2/c24-17(20-13-6-7-13)12-4-3-9-23(11-12)18(25)16-10-15(21-22-16)14-5-1-2-8-19-14/h1-2,5,8,10,12-13H,3-4,6-7,9,11H2,(H,20,24)(H,21,22)/t12-/m1/s1. The first-order valence-corrected chi connectivity index (χ1v) is 8.77. The minimum atomic E-state index is -0.114. The molecule has 1 aliphatic carbocycles. The molecule has 0 spiro atoms. The zero-order valence-electron chi connectivity index (χ0n) is 13.9. The molecule has 7 nitrogen and oxygen atoms in total. The lowest BCUT2D eigenvalue weighted by atomic mass is 9.97. The van der Waals surface area contributed by atoms with Crippen molar-refractivity contribution in [2.45, 2.75) is 31.7 Å². The molecule has 0 unspecified atom stereocenters. The molecule has 2 aromatic heterocycles. The Morgan fingerprint density at radius 2 is 2.08 bits per heavy atom. The Balaban J connectivity index is 1.43. The molecule has 1 aliphatic heterocycles. The van der Waals surface area contributed by atoms with Gasteiger partial charge in [0, 0.05) is 25.3 Å². The van der Waals surface area contributed by atoms with Crippen molar-refractivity contribution in [3.05, 3.63) is 36.2 Å². The first-order valence-electron chi connectivity index (χ1n) is 8.77. The molecule has 130 valence electrons. The number of nitrogens with zero attached hydrogens (tertiary/aromatic N) is 3. The van der Waals surface area contributed by atoms with Crippen LogP contribution in [0.3, 0.4) is 0 Å². The predicted octanol–water partition coefficient (Wildman–Crippen LogP) is 1.60. The van der Waals surface area contributed by atoms with Crippen LogP contribution in [0.5, 0.6) is 0 Å². The van der Waals surface area contributed by atoms with Crippen LogP contribution < -0.4 is 5.32 Å².